The molecule has 0 atom stereocenters. The third-order valence-electron chi connectivity index (χ3n) is 2.98. The average molecular weight is 237 g/mol. The van der Waals surface area contributed by atoms with Gasteiger partial charge in [0.05, 0.1) is 5.60 Å². The second-order valence-electron chi connectivity index (χ2n) is 5.54. The van der Waals surface area contributed by atoms with Crippen LogP contribution in [0.15, 0.2) is 24.3 Å². The van der Waals surface area contributed by atoms with E-state index in [9.17, 15) is 9.50 Å². The van der Waals surface area contributed by atoms with Gasteiger partial charge >= 0.3 is 0 Å². The molecule has 1 N–H and O–H groups in total. The van der Waals surface area contributed by atoms with Gasteiger partial charge < -0.3 is 5.11 Å². The Morgan fingerprint density at radius 1 is 1.35 bits per heavy atom. The fourth-order valence-electron chi connectivity index (χ4n) is 2.10. The molecule has 1 fully saturated rings. The first-order valence-electron chi connectivity index (χ1n) is 6.15. The second kappa shape index (κ2) is 4.75. The molecule has 0 aromatic heterocycles. The summed E-state index contributed by atoms with van der Waals surface area (Å²) in [6.45, 7) is 4.76. The molecule has 0 saturated heterocycles. The van der Waals surface area contributed by atoms with Crippen LogP contribution in [0.4, 0.5) is 4.39 Å². The third-order valence-corrected chi connectivity index (χ3v) is 2.98. The van der Waals surface area contributed by atoms with Gasteiger partial charge in [0.1, 0.15) is 5.82 Å². The van der Waals surface area contributed by atoms with Crippen molar-refractivity contribution in [2.24, 2.45) is 0 Å². The van der Waals surface area contributed by atoms with Gasteiger partial charge in [0.15, 0.2) is 0 Å². The minimum Gasteiger partial charge on any atom is -0.389 e. The number of halogens is 1. The smallest absolute Gasteiger partial charge is 0.127 e. The summed E-state index contributed by atoms with van der Waals surface area (Å²) in [7, 11) is 0. The average Bonchev–Trinajstić information content (AvgIpc) is 3.01. The van der Waals surface area contributed by atoms with Crippen LogP contribution >= 0.6 is 0 Å². The van der Waals surface area contributed by atoms with Crippen LogP contribution in [0.5, 0.6) is 0 Å². The normalized spacial score (nSPS) is 16.5. The molecule has 0 spiro atoms. The SMILES string of the molecule is CC(C)(O)CN(Cc1ccccc1F)C1CC1. The Hall–Kier alpha value is -0.930. The number of aliphatic hydroxyl groups is 1. The highest BCUT2D eigenvalue weighted by molar-refractivity contribution is 5.17. The Morgan fingerprint density at radius 2 is 2.00 bits per heavy atom. The van der Waals surface area contributed by atoms with Crippen LogP contribution in [0.25, 0.3) is 0 Å². The molecule has 17 heavy (non-hydrogen) atoms. The van der Waals surface area contributed by atoms with Crippen molar-refractivity contribution in [2.45, 2.75) is 44.9 Å². The molecule has 3 heteroatoms. The van der Waals surface area contributed by atoms with E-state index in [1.54, 1.807) is 19.9 Å². The summed E-state index contributed by atoms with van der Waals surface area (Å²) in [5.74, 6) is -0.158. The lowest BCUT2D eigenvalue weighted by molar-refractivity contribution is 0.0301. The number of nitrogens with zero attached hydrogens (tertiary/aromatic N) is 1. The van der Waals surface area contributed by atoms with Crippen LogP contribution in [-0.4, -0.2) is 28.2 Å². The highest BCUT2D eigenvalue weighted by Gasteiger charge is 2.32. The van der Waals surface area contributed by atoms with Gasteiger partial charge in [0.25, 0.3) is 0 Å². The highest BCUT2D eigenvalue weighted by Crippen LogP contribution is 2.30. The number of hydrogen-bond acceptors (Lipinski definition) is 2. The van der Waals surface area contributed by atoms with Gasteiger partial charge in [-0.05, 0) is 32.8 Å². The van der Waals surface area contributed by atoms with E-state index >= 15 is 0 Å². The fraction of sp³-hybridized carbons (Fsp3) is 0.571. The van der Waals surface area contributed by atoms with E-state index in [1.165, 1.54) is 6.07 Å². The number of rotatable bonds is 5. The monoisotopic (exact) mass is 237 g/mol. The maximum Gasteiger partial charge on any atom is 0.127 e. The Balaban J connectivity index is 2.05. The van der Waals surface area contributed by atoms with Gasteiger partial charge in [-0.2, -0.15) is 0 Å². The predicted molar refractivity (Wildman–Crippen MR) is 66.1 cm³/mol. The molecule has 94 valence electrons. The Morgan fingerprint density at radius 3 is 2.53 bits per heavy atom. The molecule has 1 aliphatic rings. The maximum absolute atomic E-state index is 13.6. The van der Waals surface area contributed by atoms with Crippen LogP contribution in [0.2, 0.25) is 0 Å². The second-order valence-corrected chi connectivity index (χ2v) is 5.54. The summed E-state index contributed by atoms with van der Waals surface area (Å²) in [5.41, 5.74) is -0.0166. The zero-order valence-corrected chi connectivity index (χ0v) is 10.5. The van der Waals surface area contributed by atoms with Crippen molar-refractivity contribution in [2.75, 3.05) is 6.54 Å². The van der Waals surface area contributed by atoms with E-state index in [0.29, 0.717) is 24.7 Å². The van der Waals surface area contributed by atoms with E-state index in [1.807, 2.05) is 12.1 Å². The van der Waals surface area contributed by atoms with Crippen LogP contribution < -0.4 is 0 Å². The van der Waals surface area contributed by atoms with E-state index in [-0.39, 0.29) is 5.82 Å². The van der Waals surface area contributed by atoms with Crippen LogP contribution in [0.1, 0.15) is 32.3 Å². The molecule has 0 unspecified atom stereocenters. The Kier molecular flexibility index (Phi) is 3.50. The van der Waals surface area contributed by atoms with Gasteiger partial charge in [-0.1, -0.05) is 18.2 Å². The first kappa shape index (κ1) is 12.5. The van der Waals surface area contributed by atoms with E-state index in [4.69, 9.17) is 0 Å². The molecule has 1 aliphatic carbocycles. The molecule has 1 saturated carbocycles. The third kappa shape index (κ3) is 3.79. The first-order valence-corrected chi connectivity index (χ1v) is 6.15. The zero-order valence-electron chi connectivity index (χ0n) is 10.5. The van der Waals surface area contributed by atoms with Gasteiger partial charge in [-0.3, -0.25) is 4.90 Å². The topological polar surface area (TPSA) is 23.5 Å². The van der Waals surface area contributed by atoms with Gasteiger partial charge in [0, 0.05) is 24.7 Å². The minimum absolute atomic E-state index is 0.158. The van der Waals surface area contributed by atoms with Crippen LogP contribution in [0, 0.1) is 5.82 Å². The van der Waals surface area contributed by atoms with Gasteiger partial charge in [0.2, 0.25) is 0 Å². The summed E-state index contributed by atoms with van der Waals surface area (Å²) >= 11 is 0. The molecule has 1 aromatic carbocycles. The fourth-order valence-corrected chi connectivity index (χ4v) is 2.10. The predicted octanol–water partition coefficient (Wildman–Crippen LogP) is 2.56. The lowest BCUT2D eigenvalue weighted by atomic mass is 10.1. The minimum atomic E-state index is -0.728. The van der Waals surface area contributed by atoms with E-state index in [2.05, 4.69) is 4.90 Å². The summed E-state index contributed by atoms with van der Waals surface area (Å²) < 4.78 is 13.6. The van der Waals surface area contributed by atoms with Crippen molar-refractivity contribution in [3.63, 3.8) is 0 Å². The quantitative estimate of drug-likeness (QED) is 0.850. The molecule has 0 radical (unpaired) electrons. The van der Waals surface area contributed by atoms with E-state index < -0.39 is 5.60 Å². The zero-order chi connectivity index (χ0) is 12.5. The number of benzene rings is 1. The standard InChI is InChI=1S/C14H20FNO/c1-14(2,17)10-16(12-7-8-12)9-11-5-3-4-6-13(11)15/h3-6,12,17H,7-10H2,1-2H3. The first-order chi connectivity index (χ1) is 7.96. The molecule has 2 nitrogen and oxygen atoms in total. The molecule has 2 rings (SSSR count). The number of hydrogen-bond donors (Lipinski definition) is 1. The van der Waals surface area contributed by atoms with Crippen LogP contribution in [0.3, 0.4) is 0 Å². The Labute approximate surface area is 102 Å². The largest absolute Gasteiger partial charge is 0.389 e. The molecule has 0 aliphatic heterocycles. The maximum atomic E-state index is 13.6. The van der Waals surface area contributed by atoms with E-state index in [0.717, 1.165) is 12.8 Å². The highest BCUT2D eigenvalue weighted by atomic mass is 19.1. The Bertz CT molecular complexity index is 382. The summed E-state index contributed by atoms with van der Waals surface area (Å²) in [4.78, 5) is 2.18. The molecule has 1 aromatic rings. The van der Waals surface area contributed by atoms with Crippen molar-refractivity contribution < 1.29 is 9.50 Å². The molecule has 0 bridgehead atoms. The molecular weight excluding hydrogens is 217 g/mol. The van der Waals surface area contributed by atoms with Gasteiger partial charge in [-0.25, -0.2) is 4.39 Å². The summed E-state index contributed by atoms with van der Waals surface area (Å²) in [6, 6.07) is 7.38. The lowest BCUT2D eigenvalue weighted by Gasteiger charge is -2.29. The molecule has 0 heterocycles. The van der Waals surface area contributed by atoms with Gasteiger partial charge in [-0.15, -0.1) is 0 Å². The van der Waals surface area contributed by atoms with Crippen molar-refractivity contribution in [1.82, 2.24) is 4.90 Å². The lowest BCUT2D eigenvalue weighted by Crippen LogP contribution is -2.39. The van der Waals surface area contributed by atoms with Crippen molar-refractivity contribution >= 4 is 0 Å². The summed E-state index contributed by atoms with van der Waals surface area (Å²) in [6.07, 6.45) is 2.31. The van der Waals surface area contributed by atoms with Crippen molar-refractivity contribution in [3.05, 3.63) is 35.6 Å². The van der Waals surface area contributed by atoms with Crippen molar-refractivity contribution in [1.29, 1.82) is 0 Å². The van der Waals surface area contributed by atoms with Crippen molar-refractivity contribution in [3.8, 4) is 0 Å². The molecular formula is C14H20FNO. The summed E-state index contributed by atoms with van der Waals surface area (Å²) in [5, 5.41) is 9.88. The molecule has 0 amide bonds. The van der Waals surface area contributed by atoms with Crippen LogP contribution in [-0.2, 0) is 6.54 Å².